The topological polar surface area (TPSA) is 89.4 Å². The number of nitrogens with one attached hydrogen (secondary N) is 2. The van der Waals surface area contributed by atoms with Crippen LogP contribution < -0.4 is 20.7 Å². The van der Waals surface area contributed by atoms with Gasteiger partial charge in [0.15, 0.2) is 0 Å². The van der Waals surface area contributed by atoms with Crippen molar-refractivity contribution in [3.8, 4) is 11.1 Å². The number of carbonyl (C=O) groups is 2. The molecule has 0 bridgehead atoms. The standard InChI is InChI=1S/C38H36N6O2/c1-23-7-17-33(19-25(23)3)43-37(45)35(27(5)41-43)21-39-31-13-9-29(10-14-31)30-11-15-32(16-12-30)40-22-36-28(6)42-44(38(36)46)34-18-8-24(2)26(4)20-34/h7-22,39-40H,1-6H3/b35-21-,36-22-. The molecule has 4 aromatic rings. The highest BCUT2D eigenvalue weighted by Gasteiger charge is 2.30. The van der Waals surface area contributed by atoms with E-state index in [-0.39, 0.29) is 11.8 Å². The van der Waals surface area contributed by atoms with Gasteiger partial charge in [0.2, 0.25) is 0 Å². The van der Waals surface area contributed by atoms with Crippen LogP contribution in [-0.4, -0.2) is 23.2 Å². The van der Waals surface area contributed by atoms with Crippen LogP contribution in [0.1, 0.15) is 36.1 Å². The lowest BCUT2D eigenvalue weighted by molar-refractivity contribution is -0.115. The lowest BCUT2D eigenvalue weighted by Gasteiger charge is -2.13. The molecule has 4 aromatic carbocycles. The monoisotopic (exact) mass is 608 g/mol. The van der Waals surface area contributed by atoms with Gasteiger partial charge < -0.3 is 10.6 Å². The summed E-state index contributed by atoms with van der Waals surface area (Å²) < 4.78 is 0. The average Bonchev–Trinajstić information content (AvgIpc) is 3.50. The Morgan fingerprint density at radius 2 is 0.870 bits per heavy atom. The van der Waals surface area contributed by atoms with Gasteiger partial charge in [0, 0.05) is 23.8 Å². The van der Waals surface area contributed by atoms with Crippen LogP contribution in [0.2, 0.25) is 0 Å². The van der Waals surface area contributed by atoms with Crippen molar-refractivity contribution in [2.45, 2.75) is 41.5 Å². The lowest BCUT2D eigenvalue weighted by Crippen LogP contribution is -2.22. The highest BCUT2D eigenvalue weighted by Crippen LogP contribution is 2.28. The van der Waals surface area contributed by atoms with E-state index in [0.29, 0.717) is 22.6 Å². The molecule has 0 fully saturated rings. The Morgan fingerprint density at radius 1 is 0.500 bits per heavy atom. The molecule has 0 atom stereocenters. The number of aryl methyl sites for hydroxylation is 4. The molecule has 8 nitrogen and oxygen atoms in total. The van der Waals surface area contributed by atoms with Crippen molar-refractivity contribution < 1.29 is 9.59 Å². The van der Waals surface area contributed by atoms with E-state index in [4.69, 9.17) is 0 Å². The predicted molar refractivity (Wildman–Crippen MR) is 188 cm³/mol. The fraction of sp³-hybridized carbons (Fsp3) is 0.158. The summed E-state index contributed by atoms with van der Waals surface area (Å²) in [5.74, 6) is -0.319. The molecule has 0 unspecified atom stereocenters. The van der Waals surface area contributed by atoms with Gasteiger partial charge in [-0.15, -0.1) is 0 Å². The first-order valence-corrected chi connectivity index (χ1v) is 15.2. The van der Waals surface area contributed by atoms with Crippen LogP contribution in [-0.2, 0) is 9.59 Å². The molecular formula is C38H36N6O2. The summed E-state index contributed by atoms with van der Waals surface area (Å²) in [5.41, 5.74) is 12.3. The summed E-state index contributed by atoms with van der Waals surface area (Å²) in [4.78, 5) is 26.2. The second kappa shape index (κ2) is 12.3. The average molecular weight is 609 g/mol. The molecule has 230 valence electrons. The first-order chi connectivity index (χ1) is 22.1. The van der Waals surface area contributed by atoms with Crippen molar-refractivity contribution in [2.24, 2.45) is 10.2 Å². The quantitative estimate of drug-likeness (QED) is 0.208. The predicted octanol–water partition coefficient (Wildman–Crippen LogP) is 8.02. The van der Waals surface area contributed by atoms with Crippen LogP contribution >= 0.6 is 0 Å². The zero-order chi connectivity index (χ0) is 32.5. The van der Waals surface area contributed by atoms with Crippen molar-refractivity contribution in [1.82, 2.24) is 0 Å². The largest absolute Gasteiger partial charge is 0.361 e. The number of carbonyl (C=O) groups excluding carboxylic acids is 2. The van der Waals surface area contributed by atoms with E-state index in [2.05, 4.69) is 20.8 Å². The molecule has 2 heterocycles. The number of nitrogens with zero attached hydrogens (tertiary/aromatic N) is 4. The molecule has 6 rings (SSSR count). The summed E-state index contributed by atoms with van der Waals surface area (Å²) in [7, 11) is 0. The highest BCUT2D eigenvalue weighted by molar-refractivity contribution is 6.30. The highest BCUT2D eigenvalue weighted by atomic mass is 16.2. The van der Waals surface area contributed by atoms with Crippen molar-refractivity contribution in [2.75, 3.05) is 20.7 Å². The Kier molecular flexibility index (Phi) is 8.11. The number of hydrogen-bond acceptors (Lipinski definition) is 6. The third kappa shape index (κ3) is 5.97. The van der Waals surface area contributed by atoms with Crippen molar-refractivity contribution in [3.63, 3.8) is 0 Å². The van der Waals surface area contributed by atoms with E-state index in [1.807, 2.05) is 126 Å². The number of anilines is 4. The minimum atomic E-state index is -0.160. The summed E-state index contributed by atoms with van der Waals surface area (Å²) in [6.45, 7) is 11.8. The maximum atomic E-state index is 13.1. The zero-order valence-electron chi connectivity index (χ0n) is 26.8. The molecular weight excluding hydrogens is 572 g/mol. The molecule has 0 aromatic heterocycles. The van der Waals surface area contributed by atoms with Crippen LogP contribution in [0, 0.1) is 27.7 Å². The maximum absolute atomic E-state index is 13.1. The lowest BCUT2D eigenvalue weighted by atomic mass is 10.0. The van der Waals surface area contributed by atoms with E-state index in [0.717, 1.165) is 45.0 Å². The second-order valence-electron chi connectivity index (χ2n) is 11.7. The zero-order valence-corrected chi connectivity index (χ0v) is 26.8. The maximum Gasteiger partial charge on any atom is 0.282 e. The molecule has 0 spiro atoms. The SMILES string of the molecule is CC1=NN(c2ccc(C)c(C)c2)C(=O)/C1=C\Nc1ccc(-c2ccc(N/C=C3\C(=O)N(c4ccc(C)c(C)c4)N=C3C)cc2)cc1. The summed E-state index contributed by atoms with van der Waals surface area (Å²) in [6, 6.07) is 27.8. The Hall–Kier alpha value is -5.76. The Balaban J connectivity index is 1.08. The number of benzene rings is 4. The van der Waals surface area contributed by atoms with Gasteiger partial charge in [-0.2, -0.15) is 20.2 Å². The van der Waals surface area contributed by atoms with Crippen molar-refractivity contribution in [3.05, 3.63) is 131 Å². The first-order valence-electron chi connectivity index (χ1n) is 15.2. The summed E-state index contributed by atoms with van der Waals surface area (Å²) >= 11 is 0. The van der Waals surface area contributed by atoms with Gasteiger partial charge in [-0.3, -0.25) is 9.59 Å². The van der Waals surface area contributed by atoms with Gasteiger partial charge in [-0.05, 0) is 123 Å². The van der Waals surface area contributed by atoms with Gasteiger partial charge in [0.05, 0.1) is 33.9 Å². The molecule has 8 heteroatoms. The molecule has 2 amide bonds. The van der Waals surface area contributed by atoms with Crippen LogP contribution in [0.3, 0.4) is 0 Å². The van der Waals surface area contributed by atoms with Gasteiger partial charge in [-0.1, -0.05) is 36.4 Å². The summed E-state index contributed by atoms with van der Waals surface area (Å²) in [6.07, 6.45) is 3.43. The van der Waals surface area contributed by atoms with E-state index in [9.17, 15) is 9.59 Å². The molecule has 2 N–H and O–H groups in total. The van der Waals surface area contributed by atoms with Crippen molar-refractivity contribution in [1.29, 1.82) is 0 Å². The van der Waals surface area contributed by atoms with E-state index < -0.39 is 0 Å². The third-order valence-corrected chi connectivity index (χ3v) is 8.46. The Morgan fingerprint density at radius 3 is 1.22 bits per heavy atom. The molecule has 2 aliphatic rings. The number of amides is 2. The van der Waals surface area contributed by atoms with Crippen LogP contribution in [0.4, 0.5) is 22.7 Å². The number of hydrazone groups is 2. The Labute approximate surface area is 269 Å². The minimum Gasteiger partial charge on any atom is -0.361 e. The first kappa shape index (κ1) is 30.3. The number of rotatable bonds is 7. The van der Waals surface area contributed by atoms with Crippen LogP contribution in [0.15, 0.2) is 119 Å². The van der Waals surface area contributed by atoms with Crippen LogP contribution in [0.25, 0.3) is 11.1 Å². The minimum absolute atomic E-state index is 0.160. The van der Waals surface area contributed by atoms with Crippen LogP contribution in [0.5, 0.6) is 0 Å². The van der Waals surface area contributed by atoms with Gasteiger partial charge >= 0.3 is 0 Å². The van der Waals surface area contributed by atoms with Gasteiger partial charge in [0.25, 0.3) is 11.8 Å². The molecule has 0 saturated carbocycles. The second-order valence-corrected chi connectivity index (χ2v) is 11.7. The van der Waals surface area contributed by atoms with E-state index >= 15 is 0 Å². The fourth-order valence-corrected chi connectivity index (χ4v) is 5.26. The third-order valence-electron chi connectivity index (χ3n) is 8.46. The fourth-order valence-electron chi connectivity index (χ4n) is 5.26. The molecule has 46 heavy (non-hydrogen) atoms. The summed E-state index contributed by atoms with van der Waals surface area (Å²) in [5, 5.41) is 18.4. The smallest absolute Gasteiger partial charge is 0.282 e. The van der Waals surface area contributed by atoms with E-state index in [1.165, 1.54) is 21.1 Å². The number of hydrogen-bond donors (Lipinski definition) is 2. The molecule has 0 aliphatic carbocycles. The van der Waals surface area contributed by atoms with Gasteiger partial charge in [0.1, 0.15) is 0 Å². The molecule has 0 radical (unpaired) electrons. The van der Waals surface area contributed by atoms with Gasteiger partial charge in [-0.25, -0.2) is 0 Å². The van der Waals surface area contributed by atoms with Crippen molar-refractivity contribution >= 4 is 46.0 Å². The molecule has 0 saturated heterocycles. The molecule has 2 aliphatic heterocycles. The van der Waals surface area contributed by atoms with E-state index in [1.54, 1.807) is 12.4 Å². The Bertz CT molecular complexity index is 1840. The normalized spacial score (nSPS) is 16.4.